The second-order valence-corrected chi connectivity index (χ2v) is 6.50. The quantitative estimate of drug-likeness (QED) is 0.319. The molecule has 3 rings (SSSR count). The number of ether oxygens (including phenoxy) is 1. The number of aromatic nitrogens is 3. The molecule has 0 aliphatic heterocycles. The Hall–Kier alpha value is -4.01. The van der Waals surface area contributed by atoms with Crippen LogP contribution in [0.3, 0.4) is 0 Å². The molecule has 1 amide bonds. The monoisotopic (exact) mass is 422 g/mol. The van der Waals surface area contributed by atoms with Crippen molar-refractivity contribution in [1.82, 2.24) is 15.0 Å². The smallest absolute Gasteiger partial charge is 0.247 e. The third kappa shape index (κ3) is 6.49. The van der Waals surface area contributed by atoms with Crippen molar-refractivity contribution in [2.75, 3.05) is 22.6 Å². The summed E-state index contributed by atoms with van der Waals surface area (Å²) in [6.07, 6.45) is 5.83. The highest BCUT2D eigenvalue weighted by Crippen LogP contribution is 2.23. The fourth-order valence-corrected chi connectivity index (χ4v) is 2.51. The van der Waals surface area contributed by atoms with Crippen molar-refractivity contribution >= 4 is 34.7 Å². The van der Waals surface area contributed by atoms with Gasteiger partial charge < -0.3 is 20.7 Å². The fourth-order valence-electron chi connectivity index (χ4n) is 2.51. The van der Waals surface area contributed by atoms with Gasteiger partial charge in [0, 0.05) is 17.4 Å². The standard InChI is InChI=1S/C22H23FN6O2/c1-3-5-11-31-20-10-9-17(13-24-20)28-22-25-14-18(23)21(29-22)27-16-8-6-7-15(12-16)26-19(30)4-2/h4,6-10,12-14H,2-3,5,11H2,1H3,(H,26,30)(H2,25,27,28,29). The van der Waals surface area contributed by atoms with Crippen molar-refractivity contribution in [1.29, 1.82) is 0 Å². The van der Waals surface area contributed by atoms with E-state index in [-0.39, 0.29) is 17.7 Å². The Labute approximate surface area is 179 Å². The Kier molecular flexibility index (Phi) is 7.47. The number of unbranched alkanes of at least 4 members (excludes halogenated alkanes) is 1. The molecule has 0 aliphatic carbocycles. The van der Waals surface area contributed by atoms with Crippen molar-refractivity contribution in [3.8, 4) is 5.88 Å². The molecule has 31 heavy (non-hydrogen) atoms. The Morgan fingerprint density at radius 2 is 1.97 bits per heavy atom. The molecule has 160 valence electrons. The van der Waals surface area contributed by atoms with Gasteiger partial charge in [0.2, 0.25) is 17.7 Å². The van der Waals surface area contributed by atoms with Gasteiger partial charge in [0.1, 0.15) is 0 Å². The molecule has 0 aliphatic rings. The lowest BCUT2D eigenvalue weighted by molar-refractivity contribution is -0.111. The molecule has 0 radical (unpaired) electrons. The molecule has 0 fully saturated rings. The number of nitrogens with one attached hydrogen (secondary N) is 3. The first-order valence-electron chi connectivity index (χ1n) is 9.76. The molecule has 0 atom stereocenters. The van der Waals surface area contributed by atoms with Gasteiger partial charge in [-0.1, -0.05) is 26.0 Å². The second kappa shape index (κ2) is 10.7. The number of amides is 1. The van der Waals surface area contributed by atoms with Gasteiger partial charge in [0.05, 0.1) is 24.7 Å². The van der Waals surface area contributed by atoms with Crippen LogP contribution < -0.4 is 20.7 Å². The van der Waals surface area contributed by atoms with E-state index in [0.717, 1.165) is 19.0 Å². The molecule has 0 spiro atoms. The molecule has 9 heteroatoms. The van der Waals surface area contributed by atoms with E-state index in [1.807, 2.05) is 0 Å². The van der Waals surface area contributed by atoms with Crippen LogP contribution in [-0.4, -0.2) is 27.5 Å². The zero-order valence-electron chi connectivity index (χ0n) is 17.1. The first kappa shape index (κ1) is 21.7. The average Bonchev–Trinajstić information content (AvgIpc) is 2.77. The summed E-state index contributed by atoms with van der Waals surface area (Å²) in [5, 5.41) is 8.51. The fraction of sp³-hybridized carbons (Fsp3) is 0.182. The highest BCUT2D eigenvalue weighted by molar-refractivity contribution is 5.99. The van der Waals surface area contributed by atoms with E-state index in [1.165, 1.54) is 6.08 Å². The minimum absolute atomic E-state index is 0.0165. The lowest BCUT2D eigenvalue weighted by Crippen LogP contribution is -2.07. The van der Waals surface area contributed by atoms with Crippen molar-refractivity contribution in [3.05, 3.63) is 67.3 Å². The zero-order chi connectivity index (χ0) is 22.1. The first-order chi connectivity index (χ1) is 15.1. The van der Waals surface area contributed by atoms with Crippen LogP contribution in [0.2, 0.25) is 0 Å². The summed E-state index contributed by atoms with van der Waals surface area (Å²) in [6.45, 7) is 6.12. The Balaban J connectivity index is 1.68. The number of nitrogens with zero attached hydrogens (tertiary/aromatic N) is 3. The summed E-state index contributed by atoms with van der Waals surface area (Å²) < 4.78 is 19.8. The molecular formula is C22H23FN6O2. The van der Waals surface area contributed by atoms with Crippen LogP contribution in [0.4, 0.5) is 33.2 Å². The zero-order valence-corrected chi connectivity index (χ0v) is 17.1. The van der Waals surface area contributed by atoms with Gasteiger partial charge in [-0.3, -0.25) is 4.79 Å². The van der Waals surface area contributed by atoms with Crippen molar-refractivity contribution in [2.45, 2.75) is 19.8 Å². The maximum Gasteiger partial charge on any atom is 0.247 e. The number of carbonyl (C=O) groups is 1. The number of pyridine rings is 1. The first-order valence-corrected chi connectivity index (χ1v) is 9.76. The van der Waals surface area contributed by atoms with Crippen molar-refractivity contribution in [3.63, 3.8) is 0 Å². The molecule has 0 bridgehead atoms. The Morgan fingerprint density at radius 3 is 2.71 bits per heavy atom. The molecule has 0 unspecified atom stereocenters. The van der Waals surface area contributed by atoms with E-state index in [9.17, 15) is 9.18 Å². The van der Waals surface area contributed by atoms with E-state index >= 15 is 0 Å². The highest BCUT2D eigenvalue weighted by Gasteiger charge is 2.09. The molecule has 3 aromatic rings. The van der Waals surface area contributed by atoms with Crippen LogP contribution in [0.15, 0.2) is 61.4 Å². The predicted octanol–water partition coefficient (Wildman–Crippen LogP) is 4.80. The summed E-state index contributed by atoms with van der Waals surface area (Å²) in [5.74, 6) is -0.250. The predicted molar refractivity (Wildman–Crippen MR) is 118 cm³/mol. The molecular weight excluding hydrogens is 399 g/mol. The number of anilines is 5. The Morgan fingerprint density at radius 1 is 1.13 bits per heavy atom. The largest absolute Gasteiger partial charge is 0.478 e. The summed E-state index contributed by atoms with van der Waals surface area (Å²) in [6, 6.07) is 10.3. The topological polar surface area (TPSA) is 101 Å². The molecule has 0 saturated heterocycles. The molecule has 3 N–H and O–H groups in total. The number of hydrogen-bond acceptors (Lipinski definition) is 7. The van der Waals surface area contributed by atoms with Gasteiger partial charge in [-0.05, 0) is 36.8 Å². The summed E-state index contributed by atoms with van der Waals surface area (Å²) >= 11 is 0. The number of carbonyl (C=O) groups excluding carboxylic acids is 1. The highest BCUT2D eigenvalue weighted by atomic mass is 19.1. The lowest BCUT2D eigenvalue weighted by Gasteiger charge is -2.11. The number of rotatable bonds is 10. The number of halogens is 1. The normalized spacial score (nSPS) is 10.3. The summed E-state index contributed by atoms with van der Waals surface area (Å²) in [5.41, 5.74) is 1.71. The minimum Gasteiger partial charge on any atom is -0.478 e. The minimum atomic E-state index is -0.621. The van der Waals surface area contributed by atoms with Crippen LogP contribution in [0.1, 0.15) is 19.8 Å². The van der Waals surface area contributed by atoms with Gasteiger partial charge in [0.15, 0.2) is 11.6 Å². The third-order valence-corrected chi connectivity index (χ3v) is 4.06. The van der Waals surface area contributed by atoms with Gasteiger partial charge in [0.25, 0.3) is 0 Å². The third-order valence-electron chi connectivity index (χ3n) is 4.06. The van der Waals surface area contributed by atoms with Crippen molar-refractivity contribution < 1.29 is 13.9 Å². The van der Waals surface area contributed by atoms with Crippen LogP contribution in [-0.2, 0) is 4.79 Å². The van der Waals surface area contributed by atoms with E-state index in [2.05, 4.69) is 44.4 Å². The number of hydrogen-bond donors (Lipinski definition) is 3. The second-order valence-electron chi connectivity index (χ2n) is 6.50. The lowest BCUT2D eigenvalue weighted by atomic mass is 10.2. The molecule has 0 saturated carbocycles. The molecule has 1 aromatic carbocycles. The van der Waals surface area contributed by atoms with Crippen LogP contribution >= 0.6 is 0 Å². The van der Waals surface area contributed by atoms with E-state index in [1.54, 1.807) is 42.6 Å². The SMILES string of the molecule is C=CC(=O)Nc1cccc(Nc2nc(Nc3ccc(OCCCC)nc3)ncc2F)c1. The van der Waals surface area contributed by atoms with E-state index < -0.39 is 5.82 Å². The van der Waals surface area contributed by atoms with Gasteiger partial charge in [-0.2, -0.15) is 4.98 Å². The van der Waals surface area contributed by atoms with Crippen molar-refractivity contribution in [2.24, 2.45) is 0 Å². The van der Waals surface area contributed by atoms with E-state index in [4.69, 9.17) is 4.74 Å². The van der Waals surface area contributed by atoms with Crippen LogP contribution in [0.5, 0.6) is 5.88 Å². The Bertz CT molecular complexity index is 1040. The maximum absolute atomic E-state index is 14.2. The van der Waals surface area contributed by atoms with Gasteiger partial charge in [-0.15, -0.1) is 0 Å². The van der Waals surface area contributed by atoms with E-state index in [0.29, 0.717) is 29.5 Å². The summed E-state index contributed by atoms with van der Waals surface area (Å²) in [7, 11) is 0. The molecule has 2 heterocycles. The summed E-state index contributed by atoms with van der Waals surface area (Å²) in [4.78, 5) is 23.8. The molecule has 8 nitrogen and oxygen atoms in total. The number of benzene rings is 1. The maximum atomic E-state index is 14.2. The van der Waals surface area contributed by atoms with Crippen LogP contribution in [0, 0.1) is 5.82 Å². The molecule has 2 aromatic heterocycles. The van der Waals surface area contributed by atoms with Crippen LogP contribution in [0.25, 0.3) is 0 Å². The average molecular weight is 422 g/mol. The van der Waals surface area contributed by atoms with Gasteiger partial charge >= 0.3 is 0 Å². The van der Waals surface area contributed by atoms with Gasteiger partial charge in [-0.25, -0.2) is 14.4 Å².